The zero-order chi connectivity index (χ0) is 15.5. The van der Waals surface area contributed by atoms with Crippen molar-refractivity contribution >= 4 is 11.9 Å². The van der Waals surface area contributed by atoms with Crippen molar-refractivity contribution in [3.05, 3.63) is 29.8 Å². The maximum atomic E-state index is 12.4. The lowest BCUT2D eigenvalue weighted by atomic mass is 9.84. The fourth-order valence-corrected chi connectivity index (χ4v) is 2.70. The van der Waals surface area contributed by atoms with Crippen LogP contribution in [0.5, 0.6) is 5.75 Å². The van der Waals surface area contributed by atoms with Crippen LogP contribution in [0, 0.1) is 5.41 Å². The Balaban J connectivity index is 2.09. The monoisotopic (exact) mass is 291 g/mol. The molecule has 1 saturated heterocycles. The van der Waals surface area contributed by atoms with E-state index in [9.17, 15) is 14.7 Å². The molecule has 1 N–H and O–H groups in total. The molecule has 0 aliphatic carbocycles. The van der Waals surface area contributed by atoms with E-state index in [1.165, 1.54) is 0 Å². The van der Waals surface area contributed by atoms with Crippen molar-refractivity contribution in [1.29, 1.82) is 0 Å². The molecule has 21 heavy (non-hydrogen) atoms. The first-order valence-electron chi connectivity index (χ1n) is 7.28. The third kappa shape index (κ3) is 3.01. The summed E-state index contributed by atoms with van der Waals surface area (Å²) in [6.45, 7) is 5.12. The van der Waals surface area contributed by atoms with Gasteiger partial charge in [0.15, 0.2) is 0 Å². The average Bonchev–Trinajstić information content (AvgIpc) is 2.93. The van der Waals surface area contributed by atoms with Gasteiger partial charge in [0.05, 0.1) is 12.0 Å². The van der Waals surface area contributed by atoms with Gasteiger partial charge in [-0.2, -0.15) is 0 Å². The van der Waals surface area contributed by atoms with Gasteiger partial charge in [0, 0.05) is 18.7 Å². The highest BCUT2D eigenvalue weighted by Crippen LogP contribution is 2.34. The molecule has 5 heteroatoms. The highest BCUT2D eigenvalue weighted by Gasteiger charge is 2.44. The van der Waals surface area contributed by atoms with Crippen molar-refractivity contribution in [2.75, 3.05) is 19.7 Å². The fraction of sp³-hybridized carbons (Fsp3) is 0.500. The predicted molar refractivity (Wildman–Crippen MR) is 78.5 cm³/mol. The smallest absolute Gasteiger partial charge is 0.311 e. The minimum Gasteiger partial charge on any atom is -0.494 e. The number of carboxylic acid groups (broad SMARTS) is 1. The number of aliphatic carboxylic acids is 1. The van der Waals surface area contributed by atoms with Gasteiger partial charge in [-0.1, -0.05) is 6.92 Å². The molecule has 2 rings (SSSR count). The van der Waals surface area contributed by atoms with E-state index in [1.54, 1.807) is 29.2 Å². The summed E-state index contributed by atoms with van der Waals surface area (Å²) < 4.78 is 5.35. The van der Waals surface area contributed by atoms with E-state index < -0.39 is 11.4 Å². The van der Waals surface area contributed by atoms with Crippen LogP contribution in [-0.2, 0) is 4.79 Å². The van der Waals surface area contributed by atoms with Gasteiger partial charge in [0.2, 0.25) is 0 Å². The second-order valence-corrected chi connectivity index (χ2v) is 5.37. The molecule has 1 amide bonds. The molecule has 1 aromatic rings. The van der Waals surface area contributed by atoms with Crippen molar-refractivity contribution in [1.82, 2.24) is 4.90 Å². The molecule has 1 aromatic carbocycles. The molecule has 5 nitrogen and oxygen atoms in total. The quantitative estimate of drug-likeness (QED) is 0.904. The summed E-state index contributed by atoms with van der Waals surface area (Å²) in [7, 11) is 0. The topological polar surface area (TPSA) is 66.8 Å². The van der Waals surface area contributed by atoms with Crippen LogP contribution in [0.2, 0.25) is 0 Å². The van der Waals surface area contributed by atoms with Gasteiger partial charge >= 0.3 is 5.97 Å². The first kappa shape index (κ1) is 15.4. The standard InChI is InChI=1S/C16H21NO4/c1-3-16(15(19)20)9-10-17(11-16)14(18)12-5-7-13(8-6-12)21-4-2/h5-8H,3-4,9-11H2,1-2H3,(H,19,20). The molecule has 0 spiro atoms. The molecular weight excluding hydrogens is 270 g/mol. The van der Waals surface area contributed by atoms with Crippen LogP contribution in [0.15, 0.2) is 24.3 Å². The maximum Gasteiger partial charge on any atom is 0.311 e. The van der Waals surface area contributed by atoms with E-state index in [4.69, 9.17) is 4.74 Å². The minimum atomic E-state index is -0.813. The first-order valence-corrected chi connectivity index (χ1v) is 7.28. The number of nitrogens with zero attached hydrogens (tertiary/aromatic N) is 1. The van der Waals surface area contributed by atoms with E-state index in [-0.39, 0.29) is 12.5 Å². The summed E-state index contributed by atoms with van der Waals surface area (Å²) in [5.74, 6) is -0.203. The largest absolute Gasteiger partial charge is 0.494 e. The minimum absolute atomic E-state index is 0.116. The maximum absolute atomic E-state index is 12.4. The van der Waals surface area contributed by atoms with Gasteiger partial charge in [0.1, 0.15) is 5.75 Å². The Hall–Kier alpha value is -2.04. The van der Waals surface area contributed by atoms with Crippen LogP contribution in [0.1, 0.15) is 37.0 Å². The van der Waals surface area contributed by atoms with Crippen molar-refractivity contribution in [2.45, 2.75) is 26.7 Å². The lowest BCUT2D eigenvalue weighted by Gasteiger charge is -2.23. The molecule has 0 saturated carbocycles. The SMILES string of the molecule is CCOc1ccc(C(=O)N2CCC(CC)(C(=O)O)C2)cc1. The molecule has 1 fully saturated rings. The van der Waals surface area contributed by atoms with Crippen LogP contribution in [0.4, 0.5) is 0 Å². The third-order valence-corrected chi connectivity index (χ3v) is 4.18. The van der Waals surface area contributed by atoms with Crippen LogP contribution in [-0.4, -0.2) is 41.6 Å². The van der Waals surface area contributed by atoms with Crippen molar-refractivity contribution in [3.8, 4) is 5.75 Å². The number of ether oxygens (including phenoxy) is 1. The predicted octanol–water partition coefficient (Wildman–Crippen LogP) is 2.41. The summed E-state index contributed by atoms with van der Waals surface area (Å²) in [6, 6.07) is 6.97. The second kappa shape index (κ2) is 6.16. The summed E-state index contributed by atoms with van der Waals surface area (Å²) in [5, 5.41) is 9.37. The molecule has 0 radical (unpaired) electrons. The lowest BCUT2D eigenvalue weighted by molar-refractivity contribution is -0.148. The van der Waals surface area contributed by atoms with Gasteiger partial charge in [0.25, 0.3) is 5.91 Å². The van der Waals surface area contributed by atoms with Gasteiger partial charge in [-0.25, -0.2) is 0 Å². The highest BCUT2D eigenvalue weighted by atomic mass is 16.5. The molecule has 0 aromatic heterocycles. The zero-order valence-corrected chi connectivity index (χ0v) is 12.5. The third-order valence-electron chi connectivity index (χ3n) is 4.18. The molecule has 1 aliphatic heterocycles. The molecule has 1 unspecified atom stereocenters. The summed E-state index contributed by atoms with van der Waals surface area (Å²) in [6.07, 6.45) is 1.05. The normalized spacial score (nSPS) is 21.3. The number of carboxylic acids is 1. The Morgan fingerprint density at radius 3 is 2.43 bits per heavy atom. The molecule has 1 aliphatic rings. The Morgan fingerprint density at radius 2 is 1.95 bits per heavy atom. The first-order chi connectivity index (χ1) is 10.0. The number of carbonyl (C=O) groups is 2. The number of amides is 1. The number of hydrogen-bond donors (Lipinski definition) is 1. The van der Waals surface area contributed by atoms with Crippen molar-refractivity contribution in [3.63, 3.8) is 0 Å². The molecule has 1 heterocycles. The average molecular weight is 291 g/mol. The Labute approximate surface area is 124 Å². The van der Waals surface area contributed by atoms with E-state index in [1.807, 2.05) is 13.8 Å². The summed E-state index contributed by atoms with van der Waals surface area (Å²) >= 11 is 0. The van der Waals surface area contributed by atoms with E-state index >= 15 is 0 Å². The van der Waals surface area contributed by atoms with E-state index in [2.05, 4.69) is 0 Å². The van der Waals surface area contributed by atoms with Crippen LogP contribution in [0.25, 0.3) is 0 Å². The van der Waals surface area contributed by atoms with E-state index in [0.717, 1.165) is 5.75 Å². The highest BCUT2D eigenvalue weighted by molar-refractivity contribution is 5.95. The second-order valence-electron chi connectivity index (χ2n) is 5.37. The van der Waals surface area contributed by atoms with Gasteiger partial charge < -0.3 is 14.7 Å². The van der Waals surface area contributed by atoms with Gasteiger partial charge in [-0.15, -0.1) is 0 Å². The van der Waals surface area contributed by atoms with Crippen LogP contribution < -0.4 is 4.74 Å². The van der Waals surface area contributed by atoms with Crippen molar-refractivity contribution in [2.24, 2.45) is 5.41 Å². The lowest BCUT2D eigenvalue weighted by Crippen LogP contribution is -2.36. The van der Waals surface area contributed by atoms with Gasteiger partial charge in [-0.05, 0) is 44.0 Å². The van der Waals surface area contributed by atoms with Crippen LogP contribution >= 0.6 is 0 Å². The number of carbonyl (C=O) groups excluding carboxylic acids is 1. The van der Waals surface area contributed by atoms with Gasteiger partial charge in [-0.3, -0.25) is 9.59 Å². The number of likely N-dealkylation sites (tertiary alicyclic amines) is 1. The number of rotatable bonds is 5. The zero-order valence-electron chi connectivity index (χ0n) is 12.5. The Morgan fingerprint density at radius 1 is 1.29 bits per heavy atom. The molecule has 1 atom stereocenters. The molecular formula is C16H21NO4. The summed E-state index contributed by atoms with van der Waals surface area (Å²) in [4.78, 5) is 25.5. The molecule has 0 bridgehead atoms. The number of hydrogen-bond acceptors (Lipinski definition) is 3. The summed E-state index contributed by atoms with van der Waals surface area (Å²) in [5.41, 5.74) is -0.225. The van der Waals surface area contributed by atoms with E-state index in [0.29, 0.717) is 31.6 Å². The molecule has 114 valence electrons. The van der Waals surface area contributed by atoms with Crippen molar-refractivity contribution < 1.29 is 19.4 Å². The van der Waals surface area contributed by atoms with Crippen LogP contribution in [0.3, 0.4) is 0 Å². The number of benzene rings is 1. The Bertz CT molecular complexity index is 526. The fourth-order valence-electron chi connectivity index (χ4n) is 2.70. The Kier molecular flexibility index (Phi) is 4.50.